The summed E-state index contributed by atoms with van der Waals surface area (Å²) in [6, 6.07) is 2.35. The molecule has 1 aliphatic rings. The van der Waals surface area contributed by atoms with Gasteiger partial charge >= 0.3 is 0 Å². The topological polar surface area (TPSA) is 75.5 Å². The lowest BCUT2D eigenvalue weighted by Crippen LogP contribution is -2.50. The van der Waals surface area contributed by atoms with Gasteiger partial charge in [-0.05, 0) is 31.6 Å². The maximum Gasteiger partial charge on any atom is 0.246 e. The highest BCUT2D eigenvalue weighted by atomic mass is 35.5. The third-order valence-electron chi connectivity index (χ3n) is 5.29. The Bertz CT molecular complexity index is 1130. The molecule has 32 heavy (non-hydrogen) atoms. The number of rotatable bonds is 7. The Morgan fingerprint density at radius 1 is 1.22 bits per heavy atom. The second-order valence-electron chi connectivity index (χ2n) is 7.50. The van der Waals surface area contributed by atoms with Crippen molar-refractivity contribution in [2.75, 3.05) is 26.2 Å². The zero-order chi connectivity index (χ0) is 23.5. The van der Waals surface area contributed by atoms with Gasteiger partial charge in [0.2, 0.25) is 15.9 Å². The number of carbonyl (C=O) groups is 1. The molecule has 1 fully saturated rings. The summed E-state index contributed by atoms with van der Waals surface area (Å²) in [5, 5.41) is 4.87. The van der Waals surface area contributed by atoms with Crippen molar-refractivity contribution in [1.82, 2.24) is 19.0 Å². The van der Waals surface area contributed by atoms with E-state index in [-0.39, 0.29) is 32.1 Å². The summed E-state index contributed by atoms with van der Waals surface area (Å²) in [7, 11) is -4.12. The van der Waals surface area contributed by atoms with Crippen LogP contribution in [0.1, 0.15) is 31.0 Å². The first-order valence-corrected chi connectivity index (χ1v) is 12.1. The first kappa shape index (κ1) is 24.3. The molecule has 7 nitrogen and oxygen atoms in total. The van der Waals surface area contributed by atoms with E-state index in [2.05, 4.69) is 12.0 Å². The minimum Gasteiger partial charge on any atom is -0.337 e. The normalized spacial score (nSPS) is 15.6. The highest BCUT2D eigenvalue weighted by molar-refractivity contribution is 7.89. The van der Waals surface area contributed by atoms with Crippen molar-refractivity contribution in [2.45, 2.75) is 38.1 Å². The van der Waals surface area contributed by atoms with Crippen LogP contribution in [0.5, 0.6) is 0 Å². The average Bonchev–Trinajstić information content (AvgIpc) is 3.02. The first-order chi connectivity index (χ1) is 15.1. The Kier molecular flexibility index (Phi) is 7.68. The van der Waals surface area contributed by atoms with Gasteiger partial charge in [0.1, 0.15) is 21.7 Å². The van der Waals surface area contributed by atoms with Gasteiger partial charge in [-0.15, -0.1) is 0 Å². The average molecular weight is 487 g/mol. The van der Waals surface area contributed by atoms with E-state index in [1.807, 2.05) is 6.92 Å². The zero-order valence-corrected chi connectivity index (χ0v) is 19.5. The van der Waals surface area contributed by atoms with Crippen LogP contribution < -0.4 is 0 Å². The van der Waals surface area contributed by atoms with Gasteiger partial charge in [0.05, 0.1) is 5.69 Å². The van der Waals surface area contributed by atoms with Gasteiger partial charge in [-0.3, -0.25) is 9.48 Å². The van der Waals surface area contributed by atoms with Crippen LogP contribution in [0.2, 0.25) is 5.15 Å². The quantitative estimate of drug-likeness (QED) is 0.562. The molecule has 1 amide bonds. The van der Waals surface area contributed by atoms with Gasteiger partial charge in [-0.1, -0.05) is 24.9 Å². The summed E-state index contributed by atoms with van der Waals surface area (Å²) >= 11 is 6.38. The van der Waals surface area contributed by atoms with E-state index in [0.717, 1.165) is 29.3 Å². The molecular weight excluding hydrogens is 462 g/mol. The van der Waals surface area contributed by atoms with Crippen LogP contribution >= 0.6 is 11.6 Å². The Morgan fingerprint density at radius 2 is 1.91 bits per heavy atom. The van der Waals surface area contributed by atoms with Crippen LogP contribution in [0.15, 0.2) is 29.2 Å². The van der Waals surface area contributed by atoms with Gasteiger partial charge < -0.3 is 4.90 Å². The molecule has 1 aromatic heterocycles. The van der Waals surface area contributed by atoms with E-state index in [4.69, 9.17) is 11.6 Å². The van der Waals surface area contributed by atoms with Crippen molar-refractivity contribution in [3.63, 3.8) is 0 Å². The summed E-state index contributed by atoms with van der Waals surface area (Å²) in [6.07, 6.45) is 4.96. The first-order valence-electron chi connectivity index (χ1n) is 10.3. The van der Waals surface area contributed by atoms with E-state index in [0.29, 0.717) is 29.0 Å². The van der Waals surface area contributed by atoms with Crippen LogP contribution in [0.4, 0.5) is 8.78 Å². The van der Waals surface area contributed by atoms with Crippen LogP contribution in [0, 0.1) is 18.6 Å². The summed E-state index contributed by atoms with van der Waals surface area (Å²) in [5.74, 6) is -2.28. The third kappa shape index (κ3) is 5.19. The number of sulfonamides is 1. The molecule has 2 heterocycles. The number of amides is 1. The molecule has 0 aliphatic carbocycles. The van der Waals surface area contributed by atoms with Crippen molar-refractivity contribution in [2.24, 2.45) is 0 Å². The van der Waals surface area contributed by atoms with Gasteiger partial charge in [0.25, 0.3) is 0 Å². The lowest BCUT2D eigenvalue weighted by Gasteiger charge is -2.33. The number of halogens is 3. The highest BCUT2D eigenvalue weighted by Gasteiger charge is 2.31. The third-order valence-corrected chi connectivity index (χ3v) is 7.62. The fraction of sp³-hybridized carbons (Fsp3) is 0.429. The summed E-state index contributed by atoms with van der Waals surface area (Å²) in [5.41, 5.74) is 1.39. The lowest BCUT2D eigenvalue weighted by molar-refractivity contribution is -0.127. The monoisotopic (exact) mass is 486 g/mol. The lowest BCUT2D eigenvalue weighted by atomic mass is 10.2. The number of hydrogen-bond acceptors (Lipinski definition) is 4. The number of hydrogen-bond donors (Lipinski definition) is 0. The Labute approximate surface area is 191 Å². The van der Waals surface area contributed by atoms with Gasteiger partial charge in [-0.2, -0.15) is 9.40 Å². The number of benzene rings is 1. The molecule has 0 atom stereocenters. The molecule has 0 saturated carbocycles. The number of piperazine rings is 1. The molecule has 0 radical (unpaired) electrons. The minimum atomic E-state index is -4.12. The van der Waals surface area contributed by atoms with Crippen molar-refractivity contribution in [3.8, 4) is 0 Å². The number of aryl methyl sites for hydroxylation is 2. The molecular formula is C21H25ClF2N4O3S. The predicted octanol–water partition coefficient (Wildman–Crippen LogP) is 3.47. The fourth-order valence-electron chi connectivity index (χ4n) is 3.44. The molecule has 1 saturated heterocycles. The summed E-state index contributed by atoms with van der Waals surface area (Å²) < 4.78 is 55.2. The predicted molar refractivity (Wildman–Crippen MR) is 118 cm³/mol. The minimum absolute atomic E-state index is 0.00740. The van der Waals surface area contributed by atoms with Gasteiger partial charge in [0.15, 0.2) is 0 Å². The van der Waals surface area contributed by atoms with Gasteiger partial charge in [0, 0.05) is 50.4 Å². The van der Waals surface area contributed by atoms with Crippen LogP contribution in [0.25, 0.3) is 6.08 Å². The molecule has 0 bridgehead atoms. The molecule has 0 spiro atoms. The number of unbranched alkanes of at least 4 members (excludes halogenated alkanes) is 1. The fourth-order valence-corrected chi connectivity index (χ4v) is 5.23. The van der Waals surface area contributed by atoms with E-state index in [1.54, 1.807) is 10.8 Å². The van der Waals surface area contributed by atoms with Crippen LogP contribution in [0.3, 0.4) is 0 Å². The largest absolute Gasteiger partial charge is 0.337 e. The van der Waals surface area contributed by atoms with Crippen LogP contribution in [-0.2, 0) is 21.4 Å². The molecule has 3 rings (SSSR count). The molecule has 174 valence electrons. The number of nitrogens with zero attached hydrogens (tertiary/aromatic N) is 4. The standard InChI is InChI=1S/C21H25ClF2N4O3S/c1-3-4-9-28-21(22)17(15(2)25-28)6-8-20(29)26-10-12-27(13-11-26)32(30,31)19-7-5-16(23)14-18(19)24/h5-8,14H,3-4,9-13H2,1-2H3/b8-6+. The van der Waals surface area contributed by atoms with E-state index in [9.17, 15) is 22.0 Å². The van der Waals surface area contributed by atoms with E-state index < -0.39 is 26.6 Å². The van der Waals surface area contributed by atoms with Crippen molar-refractivity contribution >= 4 is 33.6 Å². The van der Waals surface area contributed by atoms with Crippen molar-refractivity contribution < 1.29 is 22.0 Å². The molecule has 11 heteroatoms. The molecule has 1 aromatic carbocycles. The zero-order valence-electron chi connectivity index (χ0n) is 17.9. The maximum absolute atomic E-state index is 14.0. The second-order valence-corrected chi connectivity index (χ2v) is 9.77. The smallest absolute Gasteiger partial charge is 0.246 e. The Balaban J connectivity index is 1.64. The van der Waals surface area contributed by atoms with Crippen LogP contribution in [-0.4, -0.2) is 59.5 Å². The van der Waals surface area contributed by atoms with Crippen molar-refractivity contribution in [3.05, 3.63) is 52.3 Å². The Hall–Kier alpha value is -2.30. The van der Waals surface area contributed by atoms with Crippen molar-refractivity contribution in [1.29, 1.82) is 0 Å². The second kappa shape index (κ2) is 10.1. The van der Waals surface area contributed by atoms with Gasteiger partial charge in [-0.25, -0.2) is 17.2 Å². The number of aromatic nitrogens is 2. The summed E-state index contributed by atoms with van der Waals surface area (Å²) in [6.45, 7) is 4.90. The molecule has 0 unspecified atom stereocenters. The van der Waals surface area contributed by atoms with E-state index >= 15 is 0 Å². The molecule has 0 N–H and O–H groups in total. The highest BCUT2D eigenvalue weighted by Crippen LogP contribution is 2.23. The Morgan fingerprint density at radius 3 is 2.53 bits per heavy atom. The number of carbonyl (C=O) groups excluding carboxylic acids is 1. The maximum atomic E-state index is 14.0. The summed E-state index contributed by atoms with van der Waals surface area (Å²) in [4.78, 5) is 13.5. The SMILES string of the molecule is CCCCn1nc(C)c(/C=C/C(=O)N2CCN(S(=O)(=O)c3ccc(F)cc3F)CC2)c1Cl. The van der Waals surface area contributed by atoms with E-state index in [1.165, 1.54) is 11.0 Å². The molecule has 1 aliphatic heterocycles. The molecule has 2 aromatic rings.